The molecular weight excluding hydrogens is 266 g/mol. The molecule has 5 heteroatoms. The van der Waals surface area contributed by atoms with Gasteiger partial charge in [-0.1, -0.05) is 18.2 Å². The van der Waals surface area contributed by atoms with E-state index in [2.05, 4.69) is 10.3 Å². The summed E-state index contributed by atoms with van der Waals surface area (Å²) in [5.74, 6) is -0.247. The zero-order valence-corrected chi connectivity index (χ0v) is 12.1. The Kier molecular flexibility index (Phi) is 3.64. The second kappa shape index (κ2) is 5.60. The van der Waals surface area contributed by atoms with Crippen molar-refractivity contribution in [1.82, 2.24) is 15.2 Å². The molecule has 1 aliphatic rings. The molecule has 0 aliphatic carbocycles. The number of nitrogens with one attached hydrogen (secondary N) is 2. The molecule has 21 heavy (non-hydrogen) atoms. The number of aromatic nitrogens is 1. The van der Waals surface area contributed by atoms with Gasteiger partial charge >= 0.3 is 0 Å². The largest absolute Gasteiger partial charge is 0.351 e. The van der Waals surface area contributed by atoms with Gasteiger partial charge in [-0.3, -0.25) is 9.59 Å². The van der Waals surface area contributed by atoms with Gasteiger partial charge in [0, 0.05) is 24.0 Å². The molecule has 2 N–H and O–H groups in total. The van der Waals surface area contributed by atoms with Crippen LogP contribution in [0.5, 0.6) is 0 Å². The molecule has 0 saturated carbocycles. The first-order valence-electron chi connectivity index (χ1n) is 7.32. The molecule has 3 rings (SSSR count). The van der Waals surface area contributed by atoms with Crippen molar-refractivity contribution in [3.05, 3.63) is 36.0 Å². The highest BCUT2D eigenvalue weighted by molar-refractivity contribution is 6.00. The summed E-state index contributed by atoms with van der Waals surface area (Å²) in [6, 6.07) is 9.02. The first kappa shape index (κ1) is 13.7. The van der Waals surface area contributed by atoms with Crippen LogP contribution in [0.25, 0.3) is 10.9 Å². The Morgan fingerprint density at radius 2 is 1.95 bits per heavy atom. The molecule has 1 aromatic heterocycles. The van der Waals surface area contributed by atoms with Crippen LogP contribution in [0.3, 0.4) is 0 Å². The highest BCUT2D eigenvalue weighted by Crippen LogP contribution is 2.15. The maximum absolute atomic E-state index is 12.2. The third kappa shape index (κ3) is 2.77. The number of carbonyl (C=O) groups is 2. The summed E-state index contributed by atoms with van der Waals surface area (Å²) in [4.78, 5) is 29.3. The van der Waals surface area contributed by atoms with Crippen LogP contribution in [0.2, 0.25) is 0 Å². The van der Waals surface area contributed by atoms with Crippen LogP contribution in [0.15, 0.2) is 30.3 Å². The fourth-order valence-corrected chi connectivity index (χ4v) is 2.74. The standard InChI is InChI=1S/C16H19N3O2/c1-11(16(21)19-8-4-5-9-19)17-15(20)14-10-12-6-2-3-7-13(12)18-14/h2-3,6-7,10-11,18H,4-5,8-9H2,1H3,(H,17,20). The van der Waals surface area contributed by atoms with Crippen LogP contribution in [-0.4, -0.2) is 40.8 Å². The van der Waals surface area contributed by atoms with E-state index in [4.69, 9.17) is 0 Å². The van der Waals surface area contributed by atoms with Gasteiger partial charge in [0.2, 0.25) is 5.91 Å². The molecule has 2 amide bonds. The lowest BCUT2D eigenvalue weighted by Crippen LogP contribution is -2.46. The van der Waals surface area contributed by atoms with Gasteiger partial charge < -0.3 is 15.2 Å². The molecule has 5 nitrogen and oxygen atoms in total. The predicted molar refractivity (Wildman–Crippen MR) is 81.0 cm³/mol. The van der Waals surface area contributed by atoms with Gasteiger partial charge in [0.1, 0.15) is 11.7 Å². The molecule has 1 unspecified atom stereocenters. The van der Waals surface area contributed by atoms with Crippen molar-refractivity contribution in [2.24, 2.45) is 0 Å². The van der Waals surface area contributed by atoms with E-state index < -0.39 is 6.04 Å². The van der Waals surface area contributed by atoms with E-state index in [0.29, 0.717) is 5.69 Å². The van der Waals surface area contributed by atoms with E-state index in [1.807, 2.05) is 29.2 Å². The molecule has 0 radical (unpaired) electrons. The van der Waals surface area contributed by atoms with Crippen LogP contribution in [0, 0.1) is 0 Å². The number of para-hydroxylation sites is 1. The molecule has 110 valence electrons. The smallest absolute Gasteiger partial charge is 0.268 e. The van der Waals surface area contributed by atoms with Crippen molar-refractivity contribution < 1.29 is 9.59 Å². The second-order valence-corrected chi connectivity index (χ2v) is 5.50. The molecule has 2 aromatic rings. The topological polar surface area (TPSA) is 65.2 Å². The zero-order valence-electron chi connectivity index (χ0n) is 12.1. The lowest BCUT2D eigenvalue weighted by Gasteiger charge is -2.20. The zero-order chi connectivity index (χ0) is 14.8. The van der Waals surface area contributed by atoms with E-state index >= 15 is 0 Å². The quantitative estimate of drug-likeness (QED) is 0.904. The summed E-state index contributed by atoms with van der Waals surface area (Å²) in [5, 5.41) is 3.76. The first-order valence-corrected chi connectivity index (χ1v) is 7.32. The van der Waals surface area contributed by atoms with Crippen molar-refractivity contribution in [1.29, 1.82) is 0 Å². The molecular formula is C16H19N3O2. The molecule has 1 fully saturated rings. The molecule has 2 heterocycles. The lowest BCUT2D eigenvalue weighted by molar-refractivity contribution is -0.131. The number of rotatable bonds is 3. The number of hydrogen-bond donors (Lipinski definition) is 2. The molecule has 1 aliphatic heterocycles. The monoisotopic (exact) mass is 285 g/mol. The van der Waals surface area contributed by atoms with Crippen LogP contribution >= 0.6 is 0 Å². The molecule has 0 bridgehead atoms. The summed E-state index contributed by atoms with van der Waals surface area (Å²) in [7, 11) is 0. The van der Waals surface area contributed by atoms with Crippen LogP contribution < -0.4 is 5.32 Å². The number of likely N-dealkylation sites (tertiary alicyclic amines) is 1. The van der Waals surface area contributed by atoms with Gasteiger partial charge in [-0.15, -0.1) is 0 Å². The number of aromatic amines is 1. The fourth-order valence-electron chi connectivity index (χ4n) is 2.74. The van der Waals surface area contributed by atoms with Gasteiger partial charge in [0.25, 0.3) is 5.91 Å². The number of benzene rings is 1. The predicted octanol–water partition coefficient (Wildman–Crippen LogP) is 1.91. The molecule has 1 atom stereocenters. The number of fused-ring (bicyclic) bond motifs is 1. The summed E-state index contributed by atoms with van der Waals surface area (Å²) in [6.07, 6.45) is 2.10. The van der Waals surface area contributed by atoms with Gasteiger partial charge in [-0.2, -0.15) is 0 Å². The molecule has 1 saturated heterocycles. The Hall–Kier alpha value is -2.30. The SMILES string of the molecule is CC(NC(=O)c1cc2ccccc2[nH]1)C(=O)N1CCCC1. The minimum absolute atomic E-state index is 0.00281. The van der Waals surface area contributed by atoms with Crippen molar-refractivity contribution in [3.8, 4) is 0 Å². The highest BCUT2D eigenvalue weighted by atomic mass is 16.2. The van der Waals surface area contributed by atoms with E-state index in [1.165, 1.54) is 0 Å². The Bertz CT molecular complexity index is 638. The summed E-state index contributed by atoms with van der Waals surface area (Å²) >= 11 is 0. The number of H-pyrrole nitrogens is 1. The highest BCUT2D eigenvalue weighted by Gasteiger charge is 2.24. The normalized spacial score (nSPS) is 16.1. The van der Waals surface area contributed by atoms with Crippen LogP contribution in [0.1, 0.15) is 30.3 Å². The maximum Gasteiger partial charge on any atom is 0.268 e. The van der Waals surface area contributed by atoms with Crippen molar-refractivity contribution in [2.75, 3.05) is 13.1 Å². The van der Waals surface area contributed by atoms with Crippen molar-refractivity contribution in [3.63, 3.8) is 0 Å². The van der Waals surface area contributed by atoms with Crippen molar-refractivity contribution in [2.45, 2.75) is 25.8 Å². The van der Waals surface area contributed by atoms with Crippen molar-refractivity contribution >= 4 is 22.7 Å². The fraction of sp³-hybridized carbons (Fsp3) is 0.375. The molecule has 1 aromatic carbocycles. The Morgan fingerprint density at radius 1 is 1.24 bits per heavy atom. The summed E-state index contributed by atoms with van der Waals surface area (Å²) in [6.45, 7) is 3.33. The lowest BCUT2D eigenvalue weighted by atomic mass is 10.2. The second-order valence-electron chi connectivity index (χ2n) is 5.50. The maximum atomic E-state index is 12.2. The minimum atomic E-state index is -0.498. The van der Waals surface area contributed by atoms with Gasteiger partial charge in [0.15, 0.2) is 0 Å². The third-order valence-electron chi connectivity index (χ3n) is 3.91. The minimum Gasteiger partial charge on any atom is -0.351 e. The first-order chi connectivity index (χ1) is 10.1. The summed E-state index contributed by atoms with van der Waals surface area (Å²) < 4.78 is 0. The van der Waals surface area contributed by atoms with Gasteiger partial charge in [-0.25, -0.2) is 0 Å². The Labute approximate surface area is 123 Å². The third-order valence-corrected chi connectivity index (χ3v) is 3.91. The number of nitrogens with zero attached hydrogens (tertiary/aromatic N) is 1. The number of amides is 2. The van der Waals surface area contributed by atoms with E-state index in [0.717, 1.165) is 36.8 Å². The van der Waals surface area contributed by atoms with E-state index in [9.17, 15) is 9.59 Å². The Balaban J connectivity index is 1.68. The average Bonchev–Trinajstić information content (AvgIpc) is 3.15. The number of hydrogen-bond acceptors (Lipinski definition) is 2. The number of carbonyl (C=O) groups excluding carboxylic acids is 2. The van der Waals surface area contributed by atoms with Gasteiger partial charge in [-0.05, 0) is 31.9 Å². The van der Waals surface area contributed by atoms with E-state index in [-0.39, 0.29) is 11.8 Å². The Morgan fingerprint density at radius 3 is 2.67 bits per heavy atom. The average molecular weight is 285 g/mol. The molecule has 0 spiro atoms. The van der Waals surface area contributed by atoms with Crippen LogP contribution in [0.4, 0.5) is 0 Å². The van der Waals surface area contributed by atoms with E-state index in [1.54, 1.807) is 13.0 Å². The summed E-state index contributed by atoms with van der Waals surface area (Å²) in [5.41, 5.74) is 1.40. The van der Waals surface area contributed by atoms with Gasteiger partial charge in [0.05, 0.1) is 0 Å². The van der Waals surface area contributed by atoms with Crippen LogP contribution in [-0.2, 0) is 4.79 Å².